The third-order valence-corrected chi connectivity index (χ3v) is 3.76. The molecule has 2 rings (SSSR count). The van der Waals surface area contributed by atoms with Crippen molar-refractivity contribution in [1.82, 2.24) is 20.1 Å². The van der Waals surface area contributed by atoms with Gasteiger partial charge >= 0.3 is 0 Å². The molecular formula is C12H18N4S. The number of rotatable bonds is 5. The van der Waals surface area contributed by atoms with Gasteiger partial charge in [-0.05, 0) is 6.92 Å². The van der Waals surface area contributed by atoms with Gasteiger partial charge in [0, 0.05) is 49.4 Å². The number of nitrogens with zero attached hydrogens (tertiary/aromatic N) is 3. The Morgan fingerprint density at radius 2 is 2.35 bits per heavy atom. The summed E-state index contributed by atoms with van der Waals surface area (Å²) in [4.78, 5) is 4.33. The number of nitrogens with one attached hydrogen (secondary N) is 1. The average Bonchev–Trinajstić information content (AvgIpc) is 2.89. The largest absolute Gasteiger partial charge is 0.312 e. The fourth-order valence-corrected chi connectivity index (χ4v) is 2.51. The van der Waals surface area contributed by atoms with Crippen LogP contribution in [0.4, 0.5) is 0 Å². The summed E-state index contributed by atoms with van der Waals surface area (Å²) in [5, 5.41) is 11.0. The van der Waals surface area contributed by atoms with Crippen LogP contribution in [-0.2, 0) is 13.6 Å². The van der Waals surface area contributed by atoms with Crippen molar-refractivity contribution in [3.63, 3.8) is 0 Å². The van der Waals surface area contributed by atoms with E-state index in [4.69, 9.17) is 0 Å². The van der Waals surface area contributed by atoms with Crippen molar-refractivity contribution < 1.29 is 0 Å². The Balaban J connectivity index is 1.82. The van der Waals surface area contributed by atoms with Gasteiger partial charge < -0.3 is 5.32 Å². The number of hydrogen-bond acceptors (Lipinski definition) is 4. The number of thiazole rings is 1. The molecule has 0 bridgehead atoms. The zero-order valence-corrected chi connectivity index (χ0v) is 11.3. The van der Waals surface area contributed by atoms with Crippen molar-refractivity contribution in [2.24, 2.45) is 7.05 Å². The maximum atomic E-state index is 4.33. The van der Waals surface area contributed by atoms with Crippen molar-refractivity contribution in [2.45, 2.75) is 26.3 Å². The van der Waals surface area contributed by atoms with Gasteiger partial charge in [-0.3, -0.25) is 4.68 Å². The average molecular weight is 250 g/mol. The lowest BCUT2D eigenvalue weighted by atomic mass is 10.2. The summed E-state index contributed by atoms with van der Waals surface area (Å²) < 4.78 is 1.86. The quantitative estimate of drug-likeness (QED) is 0.883. The van der Waals surface area contributed by atoms with Gasteiger partial charge in [0.25, 0.3) is 0 Å². The van der Waals surface area contributed by atoms with Crippen LogP contribution in [-0.4, -0.2) is 21.3 Å². The summed E-state index contributed by atoms with van der Waals surface area (Å²) in [6.07, 6.45) is 3.93. The fraction of sp³-hybridized carbons (Fsp3) is 0.500. The van der Waals surface area contributed by atoms with Gasteiger partial charge in [0.05, 0.1) is 10.7 Å². The number of hydrogen-bond donors (Lipinski definition) is 1. The van der Waals surface area contributed by atoms with Crippen molar-refractivity contribution in [2.75, 3.05) is 6.54 Å². The Labute approximate surface area is 106 Å². The molecule has 2 aromatic heterocycles. The molecule has 92 valence electrons. The van der Waals surface area contributed by atoms with E-state index in [0.717, 1.165) is 18.8 Å². The molecule has 0 fully saturated rings. The lowest BCUT2D eigenvalue weighted by molar-refractivity contribution is 0.611. The number of aromatic nitrogens is 3. The summed E-state index contributed by atoms with van der Waals surface area (Å²) in [6, 6.07) is 0. The summed E-state index contributed by atoms with van der Waals surface area (Å²) in [5.74, 6) is 0.465. The zero-order chi connectivity index (χ0) is 12.3. The Kier molecular flexibility index (Phi) is 3.91. The van der Waals surface area contributed by atoms with E-state index in [-0.39, 0.29) is 0 Å². The van der Waals surface area contributed by atoms with E-state index < -0.39 is 0 Å². The molecule has 0 amide bonds. The molecule has 0 radical (unpaired) electrons. The maximum Gasteiger partial charge on any atom is 0.0965 e. The molecule has 1 unspecified atom stereocenters. The first-order valence-electron chi connectivity index (χ1n) is 5.76. The second-order valence-corrected chi connectivity index (χ2v) is 5.24. The molecule has 0 aliphatic carbocycles. The minimum atomic E-state index is 0.465. The predicted molar refractivity (Wildman–Crippen MR) is 70.2 cm³/mol. The van der Waals surface area contributed by atoms with Crippen molar-refractivity contribution >= 4 is 11.3 Å². The molecule has 0 aromatic carbocycles. The predicted octanol–water partition coefficient (Wildman–Crippen LogP) is 2.08. The first-order chi connectivity index (χ1) is 8.16. The highest BCUT2D eigenvalue weighted by atomic mass is 32.1. The van der Waals surface area contributed by atoms with Crippen LogP contribution in [0.1, 0.15) is 29.1 Å². The molecule has 1 N–H and O–H groups in total. The van der Waals surface area contributed by atoms with Gasteiger partial charge in [-0.1, -0.05) is 6.92 Å². The minimum absolute atomic E-state index is 0.465. The summed E-state index contributed by atoms with van der Waals surface area (Å²) in [7, 11) is 1.95. The van der Waals surface area contributed by atoms with Gasteiger partial charge in [-0.2, -0.15) is 5.10 Å². The van der Waals surface area contributed by atoms with Crippen LogP contribution in [0.25, 0.3) is 0 Å². The monoisotopic (exact) mass is 250 g/mol. The van der Waals surface area contributed by atoms with Crippen molar-refractivity contribution in [3.8, 4) is 0 Å². The topological polar surface area (TPSA) is 42.7 Å². The lowest BCUT2D eigenvalue weighted by Gasteiger charge is -2.09. The highest BCUT2D eigenvalue weighted by molar-refractivity contribution is 7.09. The molecular weight excluding hydrogens is 232 g/mol. The highest BCUT2D eigenvalue weighted by Gasteiger charge is 2.08. The van der Waals surface area contributed by atoms with E-state index in [1.54, 1.807) is 11.3 Å². The Morgan fingerprint density at radius 3 is 2.94 bits per heavy atom. The fourth-order valence-electron chi connectivity index (χ4n) is 1.81. The standard InChI is InChI=1S/C12H18N4S/c1-9(12-14-4-5-17-12)6-13-7-11-8-16(3)15-10(11)2/h4-5,8-9,13H,6-7H2,1-3H3. The molecule has 2 aromatic rings. The smallest absolute Gasteiger partial charge is 0.0965 e. The SMILES string of the molecule is Cc1nn(C)cc1CNCC(C)c1nccs1. The highest BCUT2D eigenvalue weighted by Crippen LogP contribution is 2.16. The first kappa shape index (κ1) is 12.3. The van der Waals surface area contributed by atoms with E-state index in [1.807, 2.05) is 30.2 Å². The molecule has 2 heterocycles. The van der Waals surface area contributed by atoms with E-state index in [0.29, 0.717) is 5.92 Å². The molecule has 17 heavy (non-hydrogen) atoms. The van der Waals surface area contributed by atoms with E-state index in [2.05, 4.69) is 28.5 Å². The molecule has 0 aliphatic heterocycles. The molecule has 1 atom stereocenters. The Hall–Kier alpha value is -1.20. The van der Waals surface area contributed by atoms with Gasteiger partial charge in [0.15, 0.2) is 0 Å². The summed E-state index contributed by atoms with van der Waals surface area (Å²) >= 11 is 1.72. The van der Waals surface area contributed by atoms with Gasteiger partial charge in [-0.15, -0.1) is 11.3 Å². The maximum absolute atomic E-state index is 4.33. The number of aryl methyl sites for hydroxylation is 2. The van der Waals surface area contributed by atoms with E-state index in [9.17, 15) is 0 Å². The van der Waals surface area contributed by atoms with Gasteiger partial charge in [0.1, 0.15) is 0 Å². The van der Waals surface area contributed by atoms with Crippen LogP contribution in [0.2, 0.25) is 0 Å². The van der Waals surface area contributed by atoms with Crippen LogP contribution in [0.15, 0.2) is 17.8 Å². The van der Waals surface area contributed by atoms with Crippen molar-refractivity contribution in [3.05, 3.63) is 34.0 Å². The minimum Gasteiger partial charge on any atom is -0.312 e. The van der Waals surface area contributed by atoms with Gasteiger partial charge in [0.2, 0.25) is 0 Å². The third kappa shape index (κ3) is 3.14. The Morgan fingerprint density at radius 1 is 1.53 bits per heavy atom. The molecule has 0 spiro atoms. The summed E-state index contributed by atoms with van der Waals surface area (Å²) in [5.41, 5.74) is 2.36. The van der Waals surface area contributed by atoms with Crippen LogP contribution in [0.3, 0.4) is 0 Å². The molecule has 0 saturated carbocycles. The first-order valence-corrected chi connectivity index (χ1v) is 6.64. The van der Waals surface area contributed by atoms with Crippen LogP contribution >= 0.6 is 11.3 Å². The van der Waals surface area contributed by atoms with Crippen molar-refractivity contribution in [1.29, 1.82) is 0 Å². The third-order valence-electron chi connectivity index (χ3n) is 2.75. The van der Waals surface area contributed by atoms with E-state index in [1.165, 1.54) is 10.6 Å². The van der Waals surface area contributed by atoms with Crippen LogP contribution < -0.4 is 5.32 Å². The van der Waals surface area contributed by atoms with E-state index >= 15 is 0 Å². The molecule has 0 aliphatic rings. The molecule has 5 heteroatoms. The lowest BCUT2D eigenvalue weighted by Crippen LogP contribution is -2.19. The van der Waals surface area contributed by atoms with Gasteiger partial charge in [-0.25, -0.2) is 4.98 Å². The second kappa shape index (κ2) is 5.42. The molecule has 0 saturated heterocycles. The van der Waals surface area contributed by atoms with Crippen LogP contribution in [0, 0.1) is 6.92 Å². The molecule has 4 nitrogen and oxygen atoms in total. The van der Waals surface area contributed by atoms with Crippen LogP contribution in [0.5, 0.6) is 0 Å². The summed E-state index contributed by atoms with van der Waals surface area (Å²) in [6.45, 7) is 6.06. The Bertz CT molecular complexity index is 461. The zero-order valence-electron chi connectivity index (χ0n) is 10.5. The normalized spacial score (nSPS) is 12.9. The second-order valence-electron chi connectivity index (χ2n) is 4.32.